The summed E-state index contributed by atoms with van der Waals surface area (Å²) in [6.45, 7) is 0.761. The highest BCUT2D eigenvalue weighted by molar-refractivity contribution is 5.93. The Kier molecular flexibility index (Phi) is 6.62. The van der Waals surface area contributed by atoms with Crippen LogP contribution in [0.15, 0.2) is 60.8 Å². The smallest absolute Gasteiger partial charge is 0.252 e. The molecule has 6 nitrogen and oxygen atoms in total. The van der Waals surface area contributed by atoms with Crippen LogP contribution in [0.25, 0.3) is 0 Å². The van der Waals surface area contributed by atoms with E-state index in [-0.39, 0.29) is 23.8 Å². The standard InChI is InChI=1S/C25H26FN5O/c26-20-9-6-17(7-10-20)12-23-22(25(28)32)16-31(30-23)24-13-21(11-8-19(24)14-27)29-15-18-4-2-1-3-5-18/h1-7,9-10,16,19,21,24,29H,8,11-13,15H2,(H2,28,32)/t19-,21+,24+/m1/s1. The monoisotopic (exact) mass is 431 g/mol. The van der Waals surface area contributed by atoms with Crippen molar-refractivity contribution in [2.24, 2.45) is 11.7 Å². The Bertz CT molecular complexity index is 1100. The van der Waals surface area contributed by atoms with Crippen molar-refractivity contribution in [1.82, 2.24) is 15.1 Å². The lowest BCUT2D eigenvalue weighted by Crippen LogP contribution is -2.38. The maximum Gasteiger partial charge on any atom is 0.252 e. The van der Waals surface area contributed by atoms with Gasteiger partial charge in [-0.05, 0) is 42.5 Å². The number of carbonyl (C=O) groups excluding carboxylic acids is 1. The van der Waals surface area contributed by atoms with E-state index in [9.17, 15) is 14.4 Å². The molecule has 1 aliphatic rings. The number of primary amides is 1. The Labute approximate surface area is 186 Å². The molecule has 0 bridgehead atoms. The SMILES string of the molecule is N#C[C@H]1CC[C@H](NCc2ccccc2)C[C@@H]1n1cc(C(N)=O)c(Cc2ccc(F)cc2)n1. The van der Waals surface area contributed by atoms with E-state index in [1.165, 1.54) is 17.7 Å². The van der Waals surface area contributed by atoms with Gasteiger partial charge in [0.05, 0.1) is 29.3 Å². The number of rotatable bonds is 7. The molecule has 0 saturated heterocycles. The summed E-state index contributed by atoms with van der Waals surface area (Å²) in [6.07, 6.45) is 4.43. The van der Waals surface area contributed by atoms with Crippen molar-refractivity contribution in [2.75, 3.05) is 0 Å². The molecule has 0 radical (unpaired) electrons. The molecule has 1 saturated carbocycles. The lowest BCUT2D eigenvalue weighted by Gasteiger charge is -2.33. The van der Waals surface area contributed by atoms with Crippen LogP contribution < -0.4 is 11.1 Å². The fourth-order valence-electron chi connectivity index (χ4n) is 4.36. The zero-order valence-electron chi connectivity index (χ0n) is 17.7. The molecule has 1 heterocycles. The van der Waals surface area contributed by atoms with E-state index in [4.69, 9.17) is 5.73 Å². The zero-order chi connectivity index (χ0) is 22.5. The summed E-state index contributed by atoms with van der Waals surface area (Å²) in [5, 5.41) is 18.0. The number of nitrogens with one attached hydrogen (secondary N) is 1. The van der Waals surface area contributed by atoms with Crippen LogP contribution in [-0.2, 0) is 13.0 Å². The number of halogens is 1. The second-order valence-corrected chi connectivity index (χ2v) is 8.32. The van der Waals surface area contributed by atoms with Gasteiger partial charge in [0.2, 0.25) is 0 Å². The molecule has 3 aromatic rings. The van der Waals surface area contributed by atoms with Gasteiger partial charge in [-0.25, -0.2) is 4.39 Å². The van der Waals surface area contributed by atoms with E-state index in [2.05, 4.69) is 28.6 Å². The Hall–Kier alpha value is -3.50. The van der Waals surface area contributed by atoms with Crippen molar-refractivity contribution in [3.63, 3.8) is 0 Å². The fourth-order valence-corrected chi connectivity index (χ4v) is 4.36. The number of aromatic nitrogens is 2. The molecule has 1 aromatic heterocycles. The second kappa shape index (κ2) is 9.75. The Morgan fingerprint density at radius 3 is 2.59 bits per heavy atom. The normalized spacial score (nSPS) is 20.6. The molecule has 32 heavy (non-hydrogen) atoms. The molecule has 4 rings (SSSR count). The van der Waals surface area contributed by atoms with Crippen molar-refractivity contribution >= 4 is 5.91 Å². The highest BCUT2D eigenvalue weighted by Gasteiger charge is 2.33. The average Bonchev–Trinajstić information content (AvgIpc) is 3.23. The van der Waals surface area contributed by atoms with Crippen molar-refractivity contribution in [1.29, 1.82) is 5.26 Å². The fraction of sp³-hybridized carbons (Fsp3) is 0.320. The van der Waals surface area contributed by atoms with Crippen LogP contribution in [0, 0.1) is 23.1 Å². The van der Waals surface area contributed by atoms with Gasteiger partial charge in [-0.2, -0.15) is 10.4 Å². The molecule has 3 N–H and O–H groups in total. The Morgan fingerprint density at radius 2 is 1.91 bits per heavy atom. The first-order valence-electron chi connectivity index (χ1n) is 10.8. The first-order chi connectivity index (χ1) is 15.5. The maximum atomic E-state index is 13.2. The number of benzene rings is 2. The summed E-state index contributed by atoms with van der Waals surface area (Å²) in [6, 6.07) is 18.8. The molecule has 0 aliphatic heterocycles. The molecule has 2 aromatic carbocycles. The van der Waals surface area contributed by atoms with E-state index < -0.39 is 5.91 Å². The van der Waals surface area contributed by atoms with Crippen molar-refractivity contribution in [3.8, 4) is 6.07 Å². The summed E-state index contributed by atoms with van der Waals surface area (Å²) < 4.78 is 15.0. The minimum absolute atomic E-state index is 0.151. The van der Waals surface area contributed by atoms with Crippen LogP contribution in [-0.4, -0.2) is 21.7 Å². The minimum atomic E-state index is -0.559. The predicted molar refractivity (Wildman–Crippen MR) is 119 cm³/mol. The molecule has 0 spiro atoms. The number of amides is 1. The first kappa shape index (κ1) is 21.7. The van der Waals surface area contributed by atoms with Gasteiger partial charge in [0.15, 0.2) is 0 Å². The lowest BCUT2D eigenvalue weighted by atomic mass is 9.82. The van der Waals surface area contributed by atoms with Crippen LogP contribution in [0.2, 0.25) is 0 Å². The third-order valence-corrected chi connectivity index (χ3v) is 6.12. The van der Waals surface area contributed by atoms with Gasteiger partial charge in [0.25, 0.3) is 5.91 Å². The van der Waals surface area contributed by atoms with Gasteiger partial charge in [-0.3, -0.25) is 9.48 Å². The summed E-state index contributed by atoms with van der Waals surface area (Å²) in [5.74, 6) is -1.07. The zero-order valence-corrected chi connectivity index (χ0v) is 17.7. The van der Waals surface area contributed by atoms with E-state index in [1.54, 1.807) is 23.0 Å². The summed E-state index contributed by atoms with van der Waals surface area (Å²) in [7, 11) is 0. The number of nitrogens with two attached hydrogens (primary N) is 1. The van der Waals surface area contributed by atoms with E-state index >= 15 is 0 Å². The van der Waals surface area contributed by atoms with Gasteiger partial charge in [0.1, 0.15) is 5.82 Å². The summed E-state index contributed by atoms with van der Waals surface area (Å²) in [4.78, 5) is 12.1. The Morgan fingerprint density at radius 1 is 1.16 bits per heavy atom. The van der Waals surface area contributed by atoms with Gasteiger partial charge in [0, 0.05) is 25.2 Å². The van der Waals surface area contributed by atoms with Crippen LogP contribution in [0.4, 0.5) is 4.39 Å². The number of carbonyl (C=O) groups is 1. The summed E-state index contributed by atoms with van der Waals surface area (Å²) in [5.41, 5.74) is 8.54. The number of nitrogens with zero attached hydrogens (tertiary/aromatic N) is 3. The van der Waals surface area contributed by atoms with Crippen LogP contribution in [0.1, 0.15) is 52.5 Å². The summed E-state index contributed by atoms with van der Waals surface area (Å²) >= 11 is 0. The molecule has 1 aliphatic carbocycles. The highest BCUT2D eigenvalue weighted by atomic mass is 19.1. The molecule has 7 heteroatoms. The molecular weight excluding hydrogens is 405 g/mol. The van der Waals surface area contributed by atoms with Gasteiger partial charge >= 0.3 is 0 Å². The van der Waals surface area contributed by atoms with Gasteiger partial charge < -0.3 is 11.1 Å². The molecule has 1 amide bonds. The minimum Gasteiger partial charge on any atom is -0.365 e. The highest BCUT2D eigenvalue weighted by Crippen LogP contribution is 2.34. The van der Waals surface area contributed by atoms with Crippen LogP contribution >= 0.6 is 0 Å². The molecule has 1 fully saturated rings. The second-order valence-electron chi connectivity index (χ2n) is 8.32. The Balaban J connectivity index is 1.53. The topological polar surface area (TPSA) is 96.7 Å². The van der Waals surface area contributed by atoms with Crippen LogP contribution in [0.5, 0.6) is 0 Å². The third kappa shape index (κ3) is 5.04. The largest absolute Gasteiger partial charge is 0.365 e. The number of hydrogen-bond donors (Lipinski definition) is 2. The maximum absolute atomic E-state index is 13.2. The molecule has 164 valence electrons. The van der Waals surface area contributed by atoms with Crippen LogP contribution in [0.3, 0.4) is 0 Å². The van der Waals surface area contributed by atoms with Crippen molar-refractivity contribution < 1.29 is 9.18 Å². The first-order valence-corrected chi connectivity index (χ1v) is 10.8. The predicted octanol–water partition coefficient (Wildman–Crippen LogP) is 3.74. The molecule has 3 atom stereocenters. The number of hydrogen-bond acceptors (Lipinski definition) is 4. The molecule has 0 unspecified atom stereocenters. The van der Waals surface area contributed by atoms with E-state index in [1.807, 2.05) is 18.2 Å². The van der Waals surface area contributed by atoms with E-state index in [0.717, 1.165) is 31.4 Å². The van der Waals surface area contributed by atoms with Gasteiger partial charge in [-0.1, -0.05) is 42.5 Å². The van der Waals surface area contributed by atoms with Crippen molar-refractivity contribution in [3.05, 3.63) is 89.0 Å². The van der Waals surface area contributed by atoms with Gasteiger partial charge in [-0.15, -0.1) is 0 Å². The average molecular weight is 432 g/mol. The van der Waals surface area contributed by atoms with Crippen molar-refractivity contribution in [2.45, 2.75) is 44.3 Å². The number of nitriles is 1. The molecular formula is C25H26FN5O. The lowest BCUT2D eigenvalue weighted by molar-refractivity contribution is 0.0999. The quantitative estimate of drug-likeness (QED) is 0.596. The van der Waals surface area contributed by atoms with E-state index in [0.29, 0.717) is 17.7 Å². The third-order valence-electron chi connectivity index (χ3n) is 6.12.